The molecule has 1 rings (SSSR count). The quantitative estimate of drug-likeness (QED) is 0.815. The average Bonchev–Trinajstić information content (AvgIpc) is 2.34. The van der Waals surface area contributed by atoms with E-state index in [2.05, 4.69) is 14.2 Å². The van der Waals surface area contributed by atoms with Crippen molar-refractivity contribution < 1.29 is 27.5 Å². The number of benzene rings is 1. The first-order valence-corrected chi connectivity index (χ1v) is 6.95. The number of carbonyl (C=O) groups excluding carboxylic acids is 2. The van der Waals surface area contributed by atoms with Crippen LogP contribution in [0, 0.1) is 0 Å². The monoisotopic (exact) mass is 287 g/mol. The molecule has 0 aliphatic heterocycles. The maximum atomic E-state index is 11.4. The van der Waals surface area contributed by atoms with Crippen LogP contribution >= 0.6 is 0 Å². The van der Waals surface area contributed by atoms with Crippen LogP contribution in [0.15, 0.2) is 18.2 Å². The van der Waals surface area contributed by atoms with E-state index in [1.165, 1.54) is 32.4 Å². The van der Waals surface area contributed by atoms with E-state index in [-0.39, 0.29) is 16.8 Å². The standard InChI is InChI=1S/C11H13NO6S/c1-17-10(13)7-4-8(11(14)18-2)6-9(5-7)12-19(3,15)16/h4-6,12H,1-3H3. The molecule has 1 aromatic carbocycles. The van der Waals surface area contributed by atoms with Crippen LogP contribution in [0.5, 0.6) is 0 Å². The first-order chi connectivity index (χ1) is 8.76. The average molecular weight is 287 g/mol. The lowest BCUT2D eigenvalue weighted by Gasteiger charge is -2.08. The van der Waals surface area contributed by atoms with E-state index >= 15 is 0 Å². The van der Waals surface area contributed by atoms with Crippen molar-refractivity contribution in [2.45, 2.75) is 0 Å². The highest BCUT2D eigenvalue weighted by atomic mass is 32.2. The van der Waals surface area contributed by atoms with E-state index in [0.29, 0.717) is 0 Å². The van der Waals surface area contributed by atoms with Crippen molar-refractivity contribution in [1.29, 1.82) is 0 Å². The molecule has 0 amide bonds. The molecule has 0 spiro atoms. The van der Waals surface area contributed by atoms with E-state index in [9.17, 15) is 18.0 Å². The molecular formula is C11H13NO6S. The SMILES string of the molecule is COC(=O)c1cc(NS(C)(=O)=O)cc(C(=O)OC)c1. The van der Waals surface area contributed by atoms with Crippen molar-refractivity contribution in [3.63, 3.8) is 0 Å². The van der Waals surface area contributed by atoms with Gasteiger partial charge in [-0.05, 0) is 18.2 Å². The van der Waals surface area contributed by atoms with Gasteiger partial charge in [0, 0.05) is 0 Å². The number of anilines is 1. The number of ether oxygens (including phenoxy) is 2. The van der Waals surface area contributed by atoms with Gasteiger partial charge in [0.05, 0.1) is 37.3 Å². The zero-order valence-corrected chi connectivity index (χ0v) is 11.4. The highest BCUT2D eigenvalue weighted by Gasteiger charge is 2.15. The molecule has 19 heavy (non-hydrogen) atoms. The Morgan fingerprint density at radius 3 is 1.74 bits per heavy atom. The molecule has 104 valence electrons. The zero-order chi connectivity index (χ0) is 14.6. The van der Waals surface area contributed by atoms with Crippen LogP contribution in [0.4, 0.5) is 5.69 Å². The molecule has 0 fully saturated rings. The molecule has 1 aromatic rings. The second kappa shape index (κ2) is 5.70. The van der Waals surface area contributed by atoms with Crippen molar-refractivity contribution in [2.75, 3.05) is 25.2 Å². The maximum absolute atomic E-state index is 11.4. The largest absolute Gasteiger partial charge is 0.465 e. The van der Waals surface area contributed by atoms with Gasteiger partial charge < -0.3 is 9.47 Å². The second-order valence-corrected chi connectivity index (χ2v) is 5.40. The fourth-order valence-electron chi connectivity index (χ4n) is 1.37. The summed E-state index contributed by atoms with van der Waals surface area (Å²) in [6.45, 7) is 0. The highest BCUT2D eigenvalue weighted by Crippen LogP contribution is 2.17. The van der Waals surface area contributed by atoms with Gasteiger partial charge >= 0.3 is 11.9 Å². The van der Waals surface area contributed by atoms with Gasteiger partial charge in [-0.15, -0.1) is 0 Å². The van der Waals surface area contributed by atoms with Gasteiger partial charge in [0.25, 0.3) is 0 Å². The van der Waals surface area contributed by atoms with Crippen LogP contribution in [0.2, 0.25) is 0 Å². The minimum Gasteiger partial charge on any atom is -0.465 e. The van der Waals surface area contributed by atoms with Gasteiger partial charge in [0.1, 0.15) is 0 Å². The van der Waals surface area contributed by atoms with Crippen molar-refractivity contribution in [3.8, 4) is 0 Å². The lowest BCUT2D eigenvalue weighted by Crippen LogP contribution is -2.13. The Labute approximate surface area is 110 Å². The molecule has 0 aliphatic carbocycles. The Hall–Kier alpha value is -2.09. The number of rotatable bonds is 4. The van der Waals surface area contributed by atoms with Gasteiger partial charge in [-0.1, -0.05) is 0 Å². The van der Waals surface area contributed by atoms with E-state index in [0.717, 1.165) is 6.26 Å². The molecule has 0 unspecified atom stereocenters. The highest BCUT2D eigenvalue weighted by molar-refractivity contribution is 7.92. The zero-order valence-electron chi connectivity index (χ0n) is 10.6. The number of nitrogens with one attached hydrogen (secondary N) is 1. The number of methoxy groups -OCH3 is 2. The predicted octanol–water partition coefficient (Wildman–Crippen LogP) is 0.631. The Kier molecular flexibility index (Phi) is 4.49. The fourth-order valence-corrected chi connectivity index (χ4v) is 1.92. The van der Waals surface area contributed by atoms with Crippen LogP contribution in [0.1, 0.15) is 20.7 Å². The number of carbonyl (C=O) groups is 2. The Bertz CT molecular complexity index is 573. The third kappa shape index (κ3) is 4.25. The molecular weight excluding hydrogens is 274 g/mol. The summed E-state index contributed by atoms with van der Waals surface area (Å²) in [6, 6.07) is 3.78. The molecule has 8 heteroatoms. The summed E-state index contributed by atoms with van der Waals surface area (Å²) in [4.78, 5) is 22.9. The smallest absolute Gasteiger partial charge is 0.337 e. The number of sulfonamides is 1. The third-order valence-electron chi connectivity index (χ3n) is 2.08. The first-order valence-electron chi connectivity index (χ1n) is 5.06. The molecule has 0 atom stereocenters. The van der Waals surface area contributed by atoms with Gasteiger partial charge in [-0.2, -0.15) is 0 Å². The van der Waals surface area contributed by atoms with E-state index in [1.54, 1.807) is 0 Å². The molecule has 0 radical (unpaired) electrons. The van der Waals surface area contributed by atoms with Crippen molar-refractivity contribution in [1.82, 2.24) is 0 Å². The van der Waals surface area contributed by atoms with Crippen molar-refractivity contribution >= 4 is 27.6 Å². The van der Waals surface area contributed by atoms with Crippen molar-refractivity contribution in [3.05, 3.63) is 29.3 Å². The fraction of sp³-hybridized carbons (Fsp3) is 0.273. The number of hydrogen-bond donors (Lipinski definition) is 1. The van der Waals surface area contributed by atoms with Gasteiger partial charge in [0.2, 0.25) is 10.0 Å². The Morgan fingerprint density at radius 1 is 1.00 bits per heavy atom. The first kappa shape index (κ1) is 15.0. The minimum atomic E-state index is -3.53. The van der Waals surface area contributed by atoms with Crippen LogP contribution in [-0.4, -0.2) is 40.8 Å². The van der Waals surface area contributed by atoms with E-state index in [1.807, 2.05) is 0 Å². The summed E-state index contributed by atoms with van der Waals surface area (Å²) >= 11 is 0. The van der Waals surface area contributed by atoms with Crippen LogP contribution in [0.25, 0.3) is 0 Å². The normalized spacial score (nSPS) is 10.7. The topological polar surface area (TPSA) is 98.8 Å². The summed E-state index contributed by atoms with van der Waals surface area (Å²) in [6.07, 6.45) is 0.954. The summed E-state index contributed by atoms with van der Waals surface area (Å²) < 4.78 is 33.5. The maximum Gasteiger partial charge on any atom is 0.337 e. The molecule has 0 saturated heterocycles. The van der Waals surface area contributed by atoms with Gasteiger partial charge in [0.15, 0.2) is 0 Å². The van der Waals surface area contributed by atoms with Crippen LogP contribution < -0.4 is 4.72 Å². The molecule has 7 nitrogen and oxygen atoms in total. The molecule has 0 heterocycles. The lowest BCUT2D eigenvalue weighted by atomic mass is 10.1. The summed E-state index contributed by atoms with van der Waals surface area (Å²) in [7, 11) is -1.17. The molecule has 0 saturated carbocycles. The third-order valence-corrected chi connectivity index (χ3v) is 2.68. The second-order valence-electron chi connectivity index (χ2n) is 3.66. The number of hydrogen-bond acceptors (Lipinski definition) is 6. The van der Waals surface area contributed by atoms with E-state index in [4.69, 9.17) is 0 Å². The van der Waals surface area contributed by atoms with Crippen LogP contribution in [-0.2, 0) is 19.5 Å². The summed E-state index contributed by atoms with van der Waals surface area (Å²) in [5, 5.41) is 0. The summed E-state index contributed by atoms with van der Waals surface area (Å²) in [5.74, 6) is -1.38. The Balaban J connectivity index is 3.31. The van der Waals surface area contributed by atoms with Crippen LogP contribution in [0.3, 0.4) is 0 Å². The molecule has 1 N–H and O–H groups in total. The minimum absolute atomic E-state index is 0.0385. The molecule has 0 aliphatic rings. The van der Waals surface area contributed by atoms with Gasteiger partial charge in [-0.3, -0.25) is 4.72 Å². The number of esters is 2. The predicted molar refractivity (Wildman–Crippen MR) is 67.6 cm³/mol. The molecule has 0 aromatic heterocycles. The molecule has 0 bridgehead atoms. The summed E-state index contributed by atoms with van der Waals surface area (Å²) in [5.41, 5.74) is 0.152. The van der Waals surface area contributed by atoms with Gasteiger partial charge in [-0.25, -0.2) is 18.0 Å². The van der Waals surface area contributed by atoms with E-state index < -0.39 is 22.0 Å². The lowest BCUT2D eigenvalue weighted by molar-refractivity contribution is 0.0599. The Morgan fingerprint density at radius 2 is 1.42 bits per heavy atom. The van der Waals surface area contributed by atoms with Crippen molar-refractivity contribution in [2.24, 2.45) is 0 Å².